The number of aromatic nitrogens is 2. The standard InChI is InChI=1S/C10H17N3O2/c1-2-3-13-7-12-6-9(13)8(5-11)4-10(14)15/h6-8H,2-5,11H2,1H3,(H,14,15). The van der Waals surface area contributed by atoms with Crippen molar-refractivity contribution in [1.82, 2.24) is 9.55 Å². The van der Waals surface area contributed by atoms with Gasteiger partial charge in [0.15, 0.2) is 0 Å². The first-order valence-corrected chi connectivity index (χ1v) is 5.10. The van der Waals surface area contributed by atoms with Crippen LogP contribution in [0.4, 0.5) is 0 Å². The Labute approximate surface area is 88.9 Å². The minimum Gasteiger partial charge on any atom is -0.481 e. The Kier molecular flexibility index (Phi) is 4.30. The summed E-state index contributed by atoms with van der Waals surface area (Å²) in [7, 11) is 0. The minimum atomic E-state index is -0.824. The third-order valence-electron chi connectivity index (χ3n) is 2.33. The molecular weight excluding hydrogens is 194 g/mol. The maximum atomic E-state index is 10.6. The third-order valence-corrected chi connectivity index (χ3v) is 2.33. The molecule has 1 aromatic rings. The summed E-state index contributed by atoms with van der Waals surface area (Å²) >= 11 is 0. The van der Waals surface area contributed by atoms with E-state index in [4.69, 9.17) is 10.8 Å². The molecule has 1 unspecified atom stereocenters. The molecule has 0 bridgehead atoms. The number of rotatable bonds is 6. The highest BCUT2D eigenvalue weighted by Crippen LogP contribution is 2.18. The molecule has 1 atom stereocenters. The predicted octanol–water partition coefficient (Wildman–Crippen LogP) is 0.810. The van der Waals surface area contributed by atoms with E-state index < -0.39 is 5.97 Å². The summed E-state index contributed by atoms with van der Waals surface area (Å²) in [4.78, 5) is 14.7. The number of aryl methyl sites for hydroxylation is 1. The topological polar surface area (TPSA) is 81.1 Å². The van der Waals surface area contributed by atoms with E-state index in [0.717, 1.165) is 18.7 Å². The lowest BCUT2D eigenvalue weighted by Crippen LogP contribution is -2.19. The zero-order chi connectivity index (χ0) is 11.3. The first-order chi connectivity index (χ1) is 7.19. The van der Waals surface area contributed by atoms with E-state index in [1.165, 1.54) is 0 Å². The fraction of sp³-hybridized carbons (Fsp3) is 0.600. The van der Waals surface area contributed by atoms with Crippen LogP contribution in [-0.2, 0) is 11.3 Å². The highest BCUT2D eigenvalue weighted by Gasteiger charge is 2.17. The van der Waals surface area contributed by atoms with Crippen molar-refractivity contribution >= 4 is 5.97 Å². The number of nitrogens with two attached hydrogens (primary N) is 1. The Balaban J connectivity index is 2.80. The number of hydrogen-bond donors (Lipinski definition) is 2. The van der Waals surface area contributed by atoms with Crippen molar-refractivity contribution in [3.8, 4) is 0 Å². The molecule has 5 heteroatoms. The molecular formula is C10H17N3O2. The van der Waals surface area contributed by atoms with Gasteiger partial charge in [0.25, 0.3) is 0 Å². The van der Waals surface area contributed by atoms with Crippen LogP contribution in [0.15, 0.2) is 12.5 Å². The van der Waals surface area contributed by atoms with Crippen LogP contribution < -0.4 is 5.73 Å². The van der Waals surface area contributed by atoms with Gasteiger partial charge >= 0.3 is 5.97 Å². The molecule has 5 nitrogen and oxygen atoms in total. The number of carbonyl (C=O) groups is 1. The summed E-state index contributed by atoms with van der Waals surface area (Å²) < 4.78 is 1.97. The van der Waals surface area contributed by atoms with Crippen LogP contribution in [0.5, 0.6) is 0 Å². The van der Waals surface area contributed by atoms with E-state index in [-0.39, 0.29) is 12.3 Å². The number of hydrogen-bond acceptors (Lipinski definition) is 3. The van der Waals surface area contributed by atoms with E-state index in [1.807, 2.05) is 4.57 Å². The molecule has 0 saturated heterocycles. The third kappa shape index (κ3) is 3.06. The summed E-state index contributed by atoms with van der Waals surface area (Å²) in [6, 6.07) is 0. The Morgan fingerprint density at radius 2 is 2.47 bits per heavy atom. The first kappa shape index (κ1) is 11.7. The first-order valence-electron chi connectivity index (χ1n) is 5.10. The normalized spacial score (nSPS) is 12.7. The average Bonchev–Trinajstić information content (AvgIpc) is 2.63. The van der Waals surface area contributed by atoms with E-state index in [1.54, 1.807) is 12.5 Å². The lowest BCUT2D eigenvalue weighted by atomic mass is 10.0. The van der Waals surface area contributed by atoms with Crippen molar-refractivity contribution in [2.45, 2.75) is 32.2 Å². The molecule has 0 aliphatic rings. The molecule has 15 heavy (non-hydrogen) atoms. The van der Waals surface area contributed by atoms with Crippen LogP contribution in [0.2, 0.25) is 0 Å². The molecule has 0 saturated carbocycles. The maximum Gasteiger partial charge on any atom is 0.304 e. The van der Waals surface area contributed by atoms with E-state index >= 15 is 0 Å². The summed E-state index contributed by atoms with van der Waals surface area (Å²) in [5, 5.41) is 8.75. The van der Waals surface area contributed by atoms with Gasteiger partial charge in [0, 0.05) is 30.9 Å². The number of aliphatic carboxylic acids is 1. The van der Waals surface area contributed by atoms with Gasteiger partial charge < -0.3 is 15.4 Å². The molecule has 0 fully saturated rings. The molecule has 0 spiro atoms. The van der Waals surface area contributed by atoms with Crippen LogP contribution in [0.25, 0.3) is 0 Å². The second-order valence-electron chi connectivity index (χ2n) is 3.54. The number of imidazole rings is 1. The molecule has 3 N–H and O–H groups in total. The molecule has 0 aliphatic carbocycles. The Hall–Kier alpha value is -1.36. The Morgan fingerprint density at radius 3 is 3.00 bits per heavy atom. The molecule has 1 heterocycles. The zero-order valence-electron chi connectivity index (χ0n) is 8.89. The van der Waals surface area contributed by atoms with Crippen molar-refractivity contribution in [3.63, 3.8) is 0 Å². The molecule has 0 radical (unpaired) electrons. The summed E-state index contributed by atoms with van der Waals surface area (Å²) in [6.45, 7) is 3.26. The van der Waals surface area contributed by atoms with Crippen LogP contribution in [0.1, 0.15) is 31.4 Å². The van der Waals surface area contributed by atoms with Gasteiger partial charge in [-0.15, -0.1) is 0 Å². The van der Waals surface area contributed by atoms with Gasteiger partial charge in [0.05, 0.1) is 12.7 Å². The van der Waals surface area contributed by atoms with Gasteiger partial charge in [-0.3, -0.25) is 4.79 Å². The van der Waals surface area contributed by atoms with Gasteiger partial charge in [0.2, 0.25) is 0 Å². The monoisotopic (exact) mass is 211 g/mol. The SMILES string of the molecule is CCCn1cncc1C(CN)CC(=O)O. The molecule has 0 aromatic carbocycles. The molecule has 1 aromatic heterocycles. The average molecular weight is 211 g/mol. The van der Waals surface area contributed by atoms with Crippen LogP contribution in [0.3, 0.4) is 0 Å². The quantitative estimate of drug-likeness (QED) is 0.729. The van der Waals surface area contributed by atoms with Crippen LogP contribution in [-0.4, -0.2) is 27.2 Å². The Morgan fingerprint density at radius 1 is 1.73 bits per heavy atom. The van der Waals surface area contributed by atoms with E-state index in [2.05, 4.69) is 11.9 Å². The smallest absolute Gasteiger partial charge is 0.304 e. The second-order valence-corrected chi connectivity index (χ2v) is 3.54. The Bertz CT molecular complexity index is 322. The number of carboxylic acids is 1. The van der Waals surface area contributed by atoms with E-state index in [0.29, 0.717) is 6.54 Å². The van der Waals surface area contributed by atoms with Crippen LogP contribution in [0, 0.1) is 0 Å². The molecule has 84 valence electrons. The lowest BCUT2D eigenvalue weighted by Gasteiger charge is -2.14. The van der Waals surface area contributed by atoms with Gasteiger partial charge in [-0.2, -0.15) is 0 Å². The number of carboxylic acid groups (broad SMARTS) is 1. The zero-order valence-corrected chi connectivity index (χ0v) is 8.89. The van der Waals surface area contributed by atoms with Gasteiger partial charge in [-0.1, -0.05) is 6.92 Å². The molecule has 0 amide bonds. The number of nitrogens with zero attached hydrogens (tertiary/aromatic N) is 2. The van der Waals surface area contributed by atoms with Crippen molar-refractivity contribution in [3.05, 3.63) is 18.2 Å². The summed E-state index contributed by atoms with van der Waals surface area (Å²) in [5.74, 6) is -0.966. The van der Waals surface area contributed by atoms with Crippen molar-refractivity contribution in [1.29, 1.82) is 0 Å². The molecule has 1 rings (SSSR count). The maximum absolute atomic E-state index is 10.6. The summed E-state index contributed by atoms with van der Waals surface area (Å²) in [6.07, 6.45) is 4.49. The highest BCUT2D eigenvalue weighted by molar-refractivity contribution is 5.67. The van der Waals surface area contributed by atoms with Crippen molar-refractivity contribution in [2.75, 3.05) is 6.54 Å². The van der Waals surface area contributed by atoms with Crippen molar-refractivity contribution in [2.24, 2.45) is 5.73 Å². The largest absolute Gasteiger partial charge is 0.481 e. The van der Waals surface area contributed by atoms with Gasteiger partial charge in [0.1, 0.15) is 0 Å². The fourth-order valence-electron chi connectivity index (χ4n) is 1.62. The highest BCUT2D eigenvalue weighted by atomic mass is 16.4. The van der Waals surface area contributed by atoms with Gasteiger partial charge in [-0.25, -0.2) is 4.98 Å². The minimum absolute atomic E-state index is 0.0614. The fourth-order valence-corrected chi connectivity index (χ4v) is 1.62. The van der Waals surface area contributed by atoms with Crippen LogP contribution >= 0.6 is 0 Å². The lowest BCUT2D eigenvalue weighted by molar-refractivity contribution is -0.137. The molecule has 0 aliphatic heterocycles. The van der Waals surface area contributed by atoms with Crippen molar-refractivity contribution < 1.29 is 9.90 Å². The predicted molar refractivity (Wildman–Crippen MR) is 56.6 cm³/mol. The van der Waals surface area contributed by atoms with E-state index in [9.17, 15) is 4.79 Å². The summed E-state index contributed by atoms with van der Waals surface area (Å²) in [5.41, 5.74) is 6.49. The second kappa shape index (κ2) is 5.50. The van der Waals surface area contributed by atoms with Gasteiger partial charge in [-0.05, 0) is 6.42 Å².